The molecule has 8 heteroatoms. The molecular weight excluding hydrogens is 250 g/mol. The molecule has 0 aliphatic heterocycles. The Kier molecular flexibility index (Phi) is 6.27. The lowest BCUT2D eigenvalue weighted by molar-refractivity contribution is -0.120. The van der Waals surface area contributed by atoms with Gasteiger partial charge in [-0.25, -0.2) is 0 Å². The fourth-order valence-electron chi connectivity index (χ4n) is 1.32. The topological polar surface area (TPSA) is 118 Å². The van der Waals surface area contributed by atoms with Crippen LogP contribution in [0, 0.1) is 0 Å². The third-order valence-electron chi connectivity index (χ3n) is 2.26. The van der Waals surface area contributed by atoms with Crippen LogP contribution < -0.4 is 21.9 Å². The number of pyridine rings is 1. The summed E-state index contributed by atoms with van der Waals surface area (Å²) in [7, 11) is 1.54. The Morgan fingerprint density at radius 2 is 2.21 bits per heavy atom. The Morgan fingerprint density at radius 3 is 2.89 bits per heavy atom. The predicted octanol–water partition coefficient (Wildman–Crippen LogP) is -1.14. The molecule has 2 amide bonds. The van der Waals surface area contributed by atoms with Gasteiger partial charge in [-0.15, -0.1) is 0 Å². The second-order valence-electron chi connectivity index (χ2n) is 3.59. The quantitative estimate of drug-likeness (QED) is 0.282. The van der Waals surface area contributed by atoms with Crippen LogP contribution in [0.3, 0.4) is 0 Å². The molecule has 0 saturated carbocycles. The van der Waals surface area contributed by atoms with Crippen LogP contribution in [0.1, 0.15) is 10.4 Å². The standard InChI is InChI=1S/C11H17N5O3/c1-19-5-4-14-10(17)7-15-11(18)8-2-3-13-6-9(8)16-12/h2-3,6,16H,4-5,7,12H2,1H3,(H,14,17)(H,15,18). The number of anilines is 1. The van der Waals surface area contributed by atoms with E-state index in [0.717, 1.165) is 0 Å². The van der Waals surface area contributed by atoms with Crippen molar-refractivity contribution in [2.24, 2.45) is 5.84 Å². The van der Waals surface area contributed by atoms with E-state index in [1.807, 2.05) is 0 Å². The maximum absolute atomic E-state index is 11.8. The number of hydrogen-bond donors (Lipinski definition) is 4. The van der Waals surface area contributed by atoms with Crippen molar-refractivity contribution in [3.05, 3.63) is 24.0 Å². The van der Waals surface area contributed by atoms with Crippen molar-refractivity contribution in [1.29, 1.82) is 0 Å². The van der Waals surface area contributed by atoms with Crippen molar-refractivity contribution in [2.75, 3.05) is 32.2 Å². The minimum Gasteiger partial charge on any atom is -0.383 e. The van der Waals surface area contributed by atoms with E-state index in [1.54, 1.807) is 7.11 Å². The Labute approximate surface area is 110 Å². The summed E-state index contributed by atoms with van der Waals surface area (Å²) in [6, 6.07) is 1.51. The third kappa shape index (κ3) is 4.90. The minimum atomic E-state index is -0.405. The lowest BCUT2D eigenvalue weighted by atomic mass is 10.2. The number of nitrogens with two attached hydrogens (primary N) is 1. The van der Waals surface area contributed by atoms with E-state index in [-0.39, 0.29) is 12.5 Å². The van der Waals surface area contributed by atoms with E-state index in [9.17, 15) is 9.59 Å². The molecule has 0 spiro atoms. The number of ether oxygens (including phenoxy) is 1. The van der Waals surface area contributed by atoms with Gasteiger partial charge in [0, 0.05) is 19.9 Å². The Bertz CT molecular complexity index is 438. The monoisotopic (exact) mass is 267 g/mol. The van der Waals surface area contributed by atoms with Gasteiger partial charge in [0.25, 0.3) is 5.91 Å². The summed E-state index contributed by atoms with van der Waals surface area (Å²) in [6.07, 6.45) is 2.89. The van der Waals surface area contributed by atoms with Gasteiger partial charge in [0.2, 0.25) is 5.91 Å². The highest BCUT2D eigenvalue weighted by atomic mass is 16.5. The number of aromatic nitrogens is 1. The molecule has 0 bridgehead atoms. The van der Waals surface area contributed by atoms with E-state index in [2.05, 4.69) is 21.0 Å². The zero-order valence-corrected chi connectivity index (χ0v) is 10.6. The van der Waals surface area contributed by atoms with Crippen LogP contribution in [0.2, 0.25) is 0 Å². The first-order chi connectivity index (χ1) is 9.19. The molecule has 0 fully saturated rings. The van der Waals surface area contributed by atoms with Crippen molar-refractivity contribution < 1.29 is 14.3 Å². The number of nitrogens with one attached hydrogen (secondary N) is 3. The van der Waals surface area contributed by atoms with Gasteiger partial charge >= 0.3 is 0 Å². The number of carbonyl (C=O) groups is 2. The molecule has 0 aliphatic carbocycles. The van der Waals surface area contributed by atoms with Crippen LogP contribution in [0.25, 0.3) is 0 Å². The predicted molar refractivity (Wildman–Crippen MR) is 69.3 cm³/mol. The first-order valence-corrected chi connectivity index (χ1v) is 5.63. The summed E-state index contributed by atoms with van der Waals surface area (Å²) >= 11 is 0. The second-order valence-corrected chi connectivity index (χ2v) is 3.59. The molecule has 104 valence electrons. The number of nitrogens with zero attached hydrogens (tertiary/aromatic N) is 1. The number of methoxy groups -OCH3 is 1. The van der Waals surface area contributed by atoms with E-state index >= 15 is 0 Å². The van der Waals surface area contributed by atoms with Gasteiger partial charge in [-0.3, -0.25) is 20.4 Å². The molecule has 0 radical (unpaired) electrons. The maximum atomic E-state index is 11.8. The van der Waals surface area contributed by atoms with Gasteiger partial charge in [0.15, 0.2) is 0 Å². The minimum absolute atomic E-state index is 0.116. The second kappa shape index (κ2) is 8.01. The molecule has 0 atom stereocenters. The molecule has 0 saturated heterocycles. The Balaban J connectivity index is 2.44. The summed E-state index contributed by atoms with van der Waals surface area (Å²) in [5.74, 6) is 4.57. The molecule has 1 heterocycles. The van der Waals surface area contributed by atoms with E-state index in [1.165, 1.54) is 18.5 Å². The highest BCUT2D eigenvalue weighted by molar-refractivity contribution is 6.00. The van der Waals surface area contributed by atoms with Crippen LogP contribution in [-0.2, 0) is 9.53 Å². The molecule has 5 N–H and O–H groups in total. The highest BCUT2D eigenvalue weighted by Gasteiger charge is 2.11. The van der Waals surface area contributed by atoms with E-state index in [4.69, 9.17) is 10.6 Å². The first-order valence-electron chi connectivity index (χ1n) is 5.63. The van der Waals surface area contributed by atoms with Gasteiger partial charge < -0.3 is 20.8 Å². The van der Waals surface area contributed by atoms with Crippen molar-refractivity contribution in [3.63, 3.8) is 0 Å². The van der Waals surface area contributed by atoms with Gasteiger partial charge in [-0.1, -0.05) is 0 Å². The average Bonchev–Trinajstić information content (AvgIpc) is 2.45. The van der Waals surface area contributed by atoms with Crippen LogP contribution >= 0.6 is 0 Å². The lowest BCUT2D eigenvalue weighted by Crippen LogP contribution is -2.38. The van der Waals surface area contributed by atoms with E-state index < -0.39 is 5.91 Å². The zero-order chi connectivity index (χ0) is 14.1. The zero-order valence-electron chi connectivity index (χ0n) is 10.6. The molecule has 8 nitrogen and oxygen atoms in total. The van der Waals surface area contributed by atoms with Crippen molar-refractivity contribution in [1.82, 2.24) is 15.6 Å². The largest absolute Gasteiger partial charge is 0.383 e. The third-order valence-corrected chi connectivity index (χ3v) is 2.26. The summed E-state index contributed by atoms with van der Waals surface area (Å²) in [5, 5.41) is 5.07. The summed E-state index contributed by atoms with van der Waals surface area (Å²) < 4.78 is 4.79. The van der Waals surface area contributed by atoms with Crippen molar-refractivity contribution >= 4 is 17.5 Å². The molecule has 0 aromatic carbocycles. The van der Waals surface area contributed by atoms with Gasteiger partial charge in [0.1, 0.15) is 0 Å². The van der Waals surface area contributed by atoms with Gasteiger partial charge in [-0.05, 0) is 6.07 Å². The number of carbonyl (C=O) groups excluding carboxylic acids is 2. The van der Waals surface area contributed by atoms with Crippen LogP contribution in [0.15, 0.2) is 18.5 Å². The fraction of sp³-hybridized carbons (Fsp3) is 0.364. The first kappa shape index (κ1) is 14.9. The molecular formula is C11H17N5O3. The summed E-state index contributed by atoms with van der Waals surface area (Å²) in [4.78, 5) is 27.0. The molecule has 1 rings (SSSR count). The van der Waals surface area contributed by atoms with Gasteiger partial charge in [0.05, 0.1) is 30.6 Å². The van der Waals surface area contributed by atoms with Crippen LogP contribution in [-0.4, -0.2) is 43.6 Å². The molecule has 0 aliphatic rings. The number of nitrogen functional groups attached to an aromatic ring is 1. The SMILES string of the molecule is COCCNC(=O)CNC(=O)c1ccncc1NN. The number of amides is 2. The normalized spacial score (nSPS) is 9.79. The Hall–Kier alpha value is -2.19. The van der Waals surface area contributed by atoms with E-state index in [0.29, 0.717) is 24.4 Å². The summed E-state index contributed by atoms with van der Waals surface area (Å²) in [5.41, 5.74) is 3.08. The van der Waals surface area contributed by atoms with Crippen molar-refractivity contribution in [2.45, 2.75) is 0 Å². The van der Waals surface area contributed by atoms with Gasteiger partial charge in [-0.2, -0.15) is 0 Å². The molecule has 1 aromatic heterocycles. The molecule has 1 aromatic rings. The smallest absolute Gasteiger partial charge is 0.253 e. The number of rotatable bonds is 7. The van der Waals surface area contributed by atoms with Crippen LogP contribution in [0.4, 0.5) is 5.69 Å². The van der Waals surface area contributed by atoms with Crippen LogP contribution in [0.5, 0.6) is 0 Å². The molecule has 0 unspecified atom stereocenters. The lowest BCUT2D eigenvalue weighted by Gasteiger charge is -2.09. The highest BCUT2D eigenvalue weighted by Crippen LogP contribution is 2.10. The average molecular weight is 267 g/mol. The van der Waals surface area contributed by atoms with Crippen molar-refractivity contribution in [3.8, 4) is 0 Å². The fourth-order valence-corrected chi connectivity index (χ4v) is 1.32. The molecule has 19 heavy (non-hydrogen) atoms. The number of hydrogen-bond acceptors (Lipinski definition) is 6. The summed E-state index contributed by atoms with van der Waals surface area (Å²) in [6.45, 7) is 0.705. The maximum Gasteiger partial charge on any atom is 0.253 e. The number of hydrazine groups is 1. The Morgan fingerprint density at radius 1 is 1.42 bits per heavy atom.